The minimum Gasteiger partial charge on any atom is -0.481 e. The molecule has 22 heavy (non-hydrogen) atoms. The Morgan fingerprint density at radius 2 is 1.82 bits per heavy atom. The van der Waals surface area contributed by atoms with Gasteiger partial charge >= 0.3 is 11.9 Å². The van der Waals surface area contributed by atoms with Crippen LogP contribution in [0.3, 0.4) is 0 Å². The van der Waals surface area contributed by atoms with Gasteiger partial charge in [0.2, 0.25) is 5.91 Å². The van der Waals surface area contributed by atoms with Crippen molar-refractivity contribution in [3.05, 3.63) is 29.3 Å². The third-order valence-corrected chi connectivity index (χ3v) is 2.85. The van der Waals surface area contributed by atoms with Crippen LogP contribution in [0.15, 0.2) is 18.2 Å². The number of hydrogen-bond donors (Lipinski definition) is 5. The zero-order valence-electron chi connectivity index (χ0n) is 11.4. The molecular weight excluding hydrogens is 294 g/mol. The Kier molecular flexibility index (Phi) is 5.44. The van der Waals surface area contributed by atoms with Gasteiger partial charge in [0.25, 0.3) is 5.91 Å². The van der Waals surface area contributed by atoms with Gasteiger partial charge in [0, 0.05) is 12.1 Å². The first-order valence-electron chi connectivity index (χ1n) is 6.17. The van der Waals surface area contributed by atoms with Gasteiger partial charge in [0.05, 0.1) is 11.1 Å². The van der Waals surface area contributed by atoms with E-state index in [1.54, 1.807) is 0 Å². The summed E-state index contributed by atoms with van der Waals surface area (Å²) in [5.41, 5.74) is 9.86. The minimum absolute atomic E-state index is 0.110. The lowest BCUT2D eigenvalue weighted by Crippen LogP contribution is -2.45. The third kappa shape index (κ3) is 4.20. The summed E-state index contributed by atoms with van der Waals surface area (Å²) in [4.78, 5) is 45.0. The van der Waals surface area contributed by atoms with Crippen LogP contribution in [0.5, 0.6) is 0 Å². The molecule has 0 heterocycles. The van der Waals surface area contributed by atoms with Crippen molar-refractivity contribution in [2.45, 2.75) is 18.9 Å². The number of hydrogen-bond acceptors (Lipinski definition) is 5. The molecule has 0 spiro atoms. The molecule has 1 rings (SSSR count). The molecule has 0 radical (unpaired) electrons. The maximum atomic E-state index is 12.1. The second kappa shape index (κ2) is 7.07. The van der Waals surface area contributed by atoms with Gasteiger partial charge in [-0.2, -0.15) is 0 Å². The zero-order valence-corrected chi connectivity index (χ0v) is 11.4. The van der Waals surface area contributed by atoms with Crippen molar-refractivity contribution in [2.75, 3.05) is 5.73 Å². The van der Waals surface area contributed by atoms with Crippen molar-refractivity contribution in [3.63, 3.8) is 0 Å². The van der Waals surface area contributed by atoms with E-state index >= 15 is 0 Å². The number of rotatable bonds is 7. The van der Waals surface area contributed by atoms with Crippen molar-refractivity contribution in [1.82, 2.24) is 5.32 Å². The molecule has 2 amide bonds. The fourth-order valence-corrected chi connectivity index (χ4v) is 1.79. The number of carboxylic acid groups (broad SMARTS) is 2. The quantitative estimate of drug-likeness (QED) is 0.419. The molecule has 0 saturated carbocycles. The van der Waals surface area contributed by atoms with Crippen LogP contribution in [0, 0.1) is 0 Å². The Labute approximate surface area is 124 Å². The Bertz CT molecular complexity index is 628. The minimum atomic E-state index is -1.40. The summed E-state index contributed by atoms with van der Waals surface area (Å²) in [5, 5.41) is 19.9. The second-order valence-electron chi connectivity index (χ2n) is 4.44. The first kappa shape index (κ1) is 17.0. The maximum absolute atomic E-state index is 12.1. The van der Waals surface area contributed by atoms with E-state index in [4.69, 9.17) is 21.7 Å². The first-order valence-corrected chi connectivity index (χ1v) is 6.17. The fraction of sp³-hybridized carbons (Fsp3) is 0.231. The van der Waals surface area contributed by atoms with Crippen LogP contribution in [0.4, 0.5) is 5.69 Å². The van der Waals surface area contributed by atoms with Crippen LogP contribution in [-0.2, 0) is 9.59 Å². The van der Waals surface area contributed by atoms with Crippen LogP contribution < -0.4 is 16.8 Å². The molecule has 0 bridgehead atoms. The highest BCUT2D eigenvalue weighted by Crippen LogP contribution is 2.17. The molecular formula is C13H15N3O6. The number of carbonyl (C=O) groups excluding carboxylic acids is 2. The van der Waals surface area contributed by atoms with Gasteiger partial charge in [-0.05, 0) is 18.6 Å². The van der Waals surface area contributed by atoms with E-state index in [1.807, 2.05) is 0 Å². The summed E-state index contributed by atoms with van der Waals surface area (Å²) >= 11 is 0. The third-order valence-electron chi connectivity index (χ3n) is 2.85. The monoisotopic (exact) mass is 309 g/mol. The standard InChI is InChI=1S/C13H15N3O6/c14-7-3-1-2-6(10(7)13(21)22)12(20)16-8(11(15)19)4-5-9(17)18/h1-3,8H,4-5,14H2,(H2,15,19)(H,16,20)(H,17,18)(H,21,22)/t8-/m0/s1. The predicted octanol–water partition coefficient (Wildman–Crippen LogP) is -0.584. The largest absolute Gasteiger partial charge is 0.481 e. The summed E-state index contributed by atoms with van der Waals surface area (Å²) < 4.78 is 0. The van der Waals surface area contributed by atoms with Crippen LogP contribution >= 0.6 is 0 Å². The van der Waals surface area contributed by atoms with E-state index in [2.05, 4.69) is 5.32 Å². The van der Waals surface area contributed by atoms with E-state index in [0.717, 1.165) is 0 Å². The number of aliphatic carboxylic acids is 1. The van der Waals surface area contributed by atoms with Crippen molar-refractivity contribution < 1.29 is 29.4 Å². The average molecular weight is 309 g/mol. The van der Waals surface area contributed by atoms with Gasteiger partial charge in [-0.25, -0.2) is 4.79 Å². The molecule has 0 aliphatic rings. The Morgan fingerprint density at radius 1 is 1.18 bits per heavy atom. The van der Waals surface area contributed by atoms with Crippen molar-refractivity contribution in [3.8, 4) is 0 Å². The van der Waals surface area contributed by atoms with Crippen molar-refractivity contribution in [1.29, 1.82) is 0 Å². The van der Waals surface area contributed by atoms with Crippen LogP contribution in [0.25, 0.3) is 0 Å². The van der Waals surface area contributed by atoms with Crippen LogP contribution in [0.1, 0.15) is 33.6 Å². The van der Waals surface area contributed by atoms with E-state index in [0.29, 0.717) is 0 Å². The topological polar surface area (TPSA) is 173 Å². The van der Waals surface area contributed by atoms with Gasteiger partial charge in [0.1, 0.15) is 6.04 Å². The number of carbonyl (C=O) groups is 4. The summed E-state index contributed by atoms with van der Waals surface area (Å²) in [7, 11) is 0. The summed E-state index contributed by atoms with van der Waals surface area (Å²) in [6.45, 7) is 0. The number of anilines is 1. The molecule has 0 unspecified atom stereocenters. The predicted molar refractivity (Wildman–Crippen MR) is 75.1 cm³/mol. The molecule has 1 atom stereocenters. The second-order valence-corrected chi connectivity index (χ2v) is 4.44. The molecule has 118 valence electrons. The Balaban J connectivity index is 3.00. The van der Waals surface area contributed by atoms with E-state index < -0.39 is 35.4 Å². The van der Waals surface area contributed by atoms with E-state index in [1.165, 1.54) is 18.2 Å². The maximum Gasteiger partial charge on any atom is 0.338 e. The number of nitrogens with one attached hydrogen (secondary N) is 1. The van der Waals surface area contributed by atoms with Gasteiger partial charge in [-0.3, -0.25) is 14.4 Å². The number of benzene rings is 1. The molecule has 1 aromatic carbocycles. The molecule has 1 aromatic rings. The summed E-state index contributed by atoms with van der Waals surface area (Å²) in [6, 6.07) is 2.69. The molecule has 0 aromatic heterocycles. The highest BCUT2D eigenvalue weighted by molar-refractivity contribution is 6.08. The highest BCUT2D eigenvalue weighted by Gasteiger charge is 2.24. The summed E-state index contributed by atoms with van der Waals surface area (Å²) in [6.07, 6.45) is -0.586. The molecule has 7 N–H and O–H groups in total. The molecule has 9 heteroatoms. The smallest absolute Gasteiger partial charge is 0.338 e. The molecule has 9 nitrogen and oxygen atoms in total. The SMILES string of the molecule is NC(=O)[C@H](CCC(=O)O)NC(=O)c1cccc(N)c1C(=O)O. The van der Waals surface area contributed by atoms with Crippen molar-refractivity contribution in [2.24, 2.45) is 5.73 Å². The number of nitrogens with two attached hydrogens (primary N) is 2. The Morgan fingerprint density at radius 3 is 2.32 bits per heavy atom. The number of nitrogen functional groups attached to an aromatic ring is 1. The van der Waals surface area contributed by atoms with Crippen LogP contribution in [-0.4, -0.2) is 40.0 Å². The fourth-order valence-electron chi connectivity index (χ4n) is 1.79. The number of amides is 2. The number of primary amides is 1. The van der Waals surface area contributed by atoms with E-state index in [-0.39, 0.29) is 24.1 Å². The molecule has 0 aliphatic carbocycles. The van der Waals surface area contributed by atoms with Gasteiger partial charge in [-0.1, -0.05) is 6.07 Å². The van der Waals surface area contributed by atoms with Gasteiger partial charge < -0.3 is 27.0 Å². The van der Waals surface area contributed by atoms with Crippen molar-refractivity contribution >= 4 is 29.4 Å². The average Bonchev–Trinajstić information content (AvgIpc) is 2.41. The zero-order chi connectivity index (χ0) is 16.9. The lowest BCUT2D eigenvalue weighted by molar-refractivity contribution is -0.137. The number of carboxylic acids is 2. The molecule has 0 fully saturated rings. The van der Waals surface area contributed by atoms with E-state index in [9.17, 15) is 19.2 Å². The van der Waals surface area contributed by atoms with Gasteiger partial charge in [0.15, 0.2) is 0 Å². The highest BCUT2D eigenvalue weighted by atomic mass is 16.4. The summed E-state index contributed by atoms with van der Waals surface area (Å²) in [5.74, 6) is -4.35. The lowest BCUT2D eigenvalue weighted by atomic mass is 10.0. The lowest BCUT2D eigenvalue weighted by Gasteiger charge is -2.16. The first-order chi connectivity index (χ1) is 10.2. The normalized spacial score (nSPS) is 11.5. The molecule has 0 aliphatic heterocycles. The van der Waals surface area contributed by atoms with Crippen LogP contribution in [0.2, 0.25) is 0 Å². The number of aromatic carboxylic acids is 1. The van der Waals surface area contributed by atoms with Gasteiger partial charge in [-0.15, -0.1) is 0 Å². The molecule has 0 saturated heterocycles. The Hall–Kier alpha value is -3.10.